The van der Waals surface area contributed by atoms with Crippen molar-refractivity contribution < 1.29 is 5.11 Å². The lowest BCUT2D eigenvalue weighted by atomic mass is 10.2. The van der Waals surface area contributed by atoms with Gasteiger partial charge in [-0.15, -0.1) is 0 Å². The molecule has 0 saturated heterocycles. The molecule has 1 atom stereocenters. The number of hydrogen-bond donors (Lipinski definition) is 3. The van der Waals surface area contributed by atoms with E-state index >= 15 is 0 Å². The highest BCUT2D eigenvalue weighted by atomic mass is 16.3. The number of aliphatic hydroxyl groups excluding tert-OH is 1. The van der Waals surface area contributed by atoms with Gasteiger partial charge in [0.15, 0.2) is 0 Å². The van der Waals surface area contributed by atoms with Gasteiger partial charge in [-0.05, 0) is 30.9 Å². The van der Waals surface area contributed by atoms with E-state index in [-0.39, 0.29) is 12.1 Å². The monoisotopic (exact) mass is 244 g/mol. The molecular weight excluding hydrogens is 228 g/mol. The highest BCUT2D eigenvalue weighted by Gasteiger charge is 2.29. The first kappa shape index (κ1) is 11.2. The van der Waals surface area contributed by atoms with E-state index in [4.69, 9.17) is 5.73 Å². The molecule has 5 nitrogen and oxygen atoms in total. The van der Waals surface area contributed by atoms with Crippen molar-refractivity contribution in [2.75, 3.05) is 17.6 Å². The number of rotatable bonds is 4. The van der Waals surface area contributed by atoms with Gasteiger partial charge < -0.3 is 16.2 Å². The Balaban J connectivity index is 1.85. The van der Waals surface area contributed by atoms with Gasteiger partial charge in [-0.2, -0.15) is 4.98 Å². The molecule has 1 aromatic heterocycles. The maximum absolute atomic E-state index is 9.85. The number of nitrogen functional groups attached to an aromatic ring is 1. The van der Waals surface area contributed by atoms with Gasteiger partial charge in [0.25, 0.3) is 0 Å². The maximum Gasteiger partial charge on any atom is 0.222 e. The van der Waals surface area contributed by atoms with Gasteiger partial charge in [0.1, 0.15) is 5.82 Å². The Labute approximate surface area is 105 Å². The molecular formula is C13H16N4O. The summed E-state index contributed by atoms with van der Waals surface area (Å²) in [6.07, 6.45) is 1.94. The van der Waals surface area contributed by atoms with Crippen molar-refractivity contribution >= 4 is 22.7 Å². The summed E-state index contributed by atoms with van der Waals surface area (Å²) in [6, 6.07) is 7.69. The number of nitrogens with one attached hydrogen (secondary N) is 1. The van der Waals surface area contributed by atoms with Gasteiger partial charge in [-0.3, -0.25) is 0 Å². The van der Waals surface area contributed by atoms with E-state index in [1.165, 1.54) is 0 Å². The number of aliphatic hydroxyl groups is 1. The second-order valence-electron chi connectivity index (χ2n) is 4.73. The number of para-hydroxylation sites is 1. The lowest BCUT2D eigenvalue weighted by Crippen LogP contribution is -2.22. The van der Waals surface area contributed by atoms with E-state index in [1.54, 1.807) is 0 Å². The summed E-state index contributed by atoms with van der Waals surface area (Å²) < 4.78 is 0. The number of hydrogen-bond acceptors (Lipinski definition) is 5. The van der Waals surface area contributed by atoms with Crippen LogP contribution in [-0.4, -0.2) is 27.7 Å². The summed E-state index contributed by atoms with van der Waals surface area (Å²) in [5.41, 5.74) is 6.49. The third kappa shape index (κ3) is 2.22. The molecule has 5 heteroatoms. The van der Waals surface area contributed by atoms with Crippen LogP contribution in [0.1, 0.15) is 12.8 Å². The number of nitrogens with two attached hydrogens (primary N) is 1. The maximum atomic E-state index is 9.85. The second-order valence-corrected chi connectivity index (χ2v) is 4.73. The average Bonchev–Trinajstić information content (AvgIpc) is 3.19. The first-order chi connectivity index (χ1) is 8.74. The van der Waals surface area contributed by atoms with Gasteiger partial charge in [-0.25, -0.2) is 4.98 Å². The molecule has 1 saturated carbocycles. The molecule has 0 radical (unpaired) electrons. The fraction of sp³-hybridized carbons (Fsp3) is 0.385. The fourth-order valence-corrected chi connectivity index (χ4v) is 2.08. The third-order valence-corrected chi connectivity index (χ3v) is 3.27. The molecule has 0 bridgehead atoms. The summed E-state index contributed by atoms with van der Waals surface area (Å²) in [5.74, 6) is 1.39. The van der Waals surface area contributed by atoms with Crippen molar-refractivity contribution in [3.05, 3.63) is 24.3 Å². The Kier molecular flexibility index (Phi) is 2.76. The molecule has 1 aromatic carbocycles. The minimum absolute atomic E-state index is 0.247. The molecule has 0 amide bonds. The zero-order chi connectivity index (χ0) is 12.5. The van der Waals surface area contributed by atoms with Gasteiger partial charge in [0.2, 0.25) is 5.95 Å². The Morgan fingerprint density at radius 2 is 2.11 bits per heavy atom. The fourth-order valence-electron chi connectivity index (χ4n) is 2.08. The zero-order valence-electron chi connectivity index (χ0n) is 10.0. The normalized spacial score (nSPS) is 16.7. The van der Waals surface area contributed by atoms with E-state index in [0.717, 1.165) is 23.7 Å². The average molecular weight is 244 g/mol. The van der Waals surface area contributed by atoms with Crippen LogP contribution in [0.15, 0.2) is 24.3 Å². The summed E-state index contributed by atoms with van der Waals surface area (Å²) in [6.45, 7) is 0.505. The first-order valence-corrected chi connectivity index (χ1v) is 6.18. The van der Waals surface area contributed by atoms with E-state index in [9.17, 15) is 5.11 Å². The highest BCUT2D eigenvalue weighted by molar-refractivity contribution is 5.89. The predicted molar refractivity (Wildman–Crippen MR) is 71.2 cm³/mol. The van der Waals surface area contributed by atoms with Crippen LogP contribution in [0, 0.1) is 5.92 Å². The summed E-state index contributed by atoms with van der Waals surface area (Å²) >= 11 is 0. The Hall–Kier alpha value is -1.88. The van der Waals surface area contributed by atoms with Gasteiger partial charge >= 0.3 is 0 Å². The van der Waals surface area contributed by atoms with Crippen LogP contribution < -0.4 is 11.1 Å². The van der Waals surface area contributed by atoms with Crippen LogP contribution in [0.2, 0.25) is 0 Å². The third-order valence-electron chi connectivity index (χ3n) is 3.27. The molecule has 1 heterocycles. The van der Waals surface area contributed by atoms with E-state index < -0.39 is 0 Å². The number of nitrogens with zero attached hydrogens (tertiary/aromatic N) is 2. The Morgan fingerprint density at radius 3 is 2.89 bits per heavy atom. The van der Waals surface area contributed by atoms with Crippen LogP contribution >= 0.6 is 0 Å². The molecule has 1 unspecified atom stereocenters. The van der Waals surface area contributed by atoms with Crippen LogP contribution in [0.3, 0.4) is 0 Å². The van der Waals surface area contributed by atoms with Crippen molar-refractivity contribution in [3.63, 3.8) is 0 Å². The van der Waals surface area contributed by atoms with Crippen molar-refractivity contribution in [3.8, 4) is 0 Å². The van der Waals surface area contributed by atoms with Gasteiger partial charge in [0.05, 0.1) is 11.6 Å². The second kappa shape index (κ2) is 4.42. The number of benzene rings is 1. The molecule has 94 valence electrons. The molecule has 3 rings (SSSR count). The van der Waals surface area contributed by atoms with Crippen LogP contribution in [0.5, 0.6) is 0 Å². The SMILES string of the molecule is Nc1nc(NCC(O)C2CC2)c2ccccc2n1. The first-order valence-electron chi connectivity index (χ1n) is 6.18. The minimum Gasteiger partial charge on any atom is -0.391 e. The Bertz CT molecular complexity index is 568. The van der Waals surface area contributed by atoms with Crippen LogP contribution in [0.4, 0.5) is 11.8 Å². The predicted octanol–water partition coefficient (Wildman–Crippen LogP) is 1.39. The summed E-state index contributed by atoms with van der Waals surface area (Å²) in [5, 5.41) is 13.9. The Morgan fingerprint density at radius 1 is 1.33 bits per heavy atom. The van der Waals surface area contributed by atoms with Crippen molar-refractivity contribution in [2.45, 2.75) is 18.9 Å². The van der Waals surface area contributed by atoms with Gasteiger partial charge in [-0.1, -0.05) is 12.1 Å². The van der Waals surface area contributed by atoms with Gasteiger partial charge in [0, 0.05) is 11.9 Å². The van der Waals surface area contributed by atoms with E-state index in [1.807, 2.05) is 24.3 Å². The molecule has 4 N–H and O–H groups in total. The van der Waals surface area contributed by atoms with Crippen molar-refractivity contribution in [2.24, 2.45) is 5.92 Å². The number of anilines is 2. The molecule has 0 spiro atoms. The summed E-state index contributed by atoms with van der Waals surface area (Å²) in [4.78, 5) is 8.37. The standard InChI is InChI=1S/C13H16N4O/c14-13-16-10-4-2-1-3-9(10)12(17-13)15-7-11(18)8-5-6-8/h1-4,8,11,18H,5-7H2,(H3,14,15,16,17). The largest absolute Gasteiger partial charge is 0.391 e. The lowest BCUT2D eigenvalue weighted by molar-refractivity contribution is 0.164. The molecule has 1 aliphatic rings. The molecule has 1 aliphatic carbocycles. The summed E-state index contributed by atoms with van der Waals surface area (Å²) in [7, 11) is 0. The topological polar surface area (TPSA) is 84.1 Å². The van der Waals surface area contributed by atoms with Crippen LogP contribution in [0.25, 0.3) is 10.9 Å². The number of aromatic nitrogens is 2. The lowest BCUT2D eigenvalue weighted by Gasteiger charge is -2.13. The molecule has 18 heavy (non-hydrogen) atoms. The van der Waals surface area contributed by atoms with Crippen molar-refractivity contribution in [1.29, 1.82) is 0 Å². The zero-order valence-corrected chi connectivity index (χ0v) is 10.0. The minimum atomic E-state index is -0.306. The van der Waals surface area contributed by atoms with E-state index in [2.05, 4.69) is 15.3 Å². The quantitative estimate of drug-likeness (QED) is 0.757. The molecule has 0 aliphatic heterocycles. The van der Waals surface area contributed by atoms with Crippen LogP contribution in [-0.2, 0) is 0 Å². The van der Waals surface area contributed by atoms with E-state index in [0.29, 0.717) is 18.3 Å². The molecule has 2 aromatic rings. The molecule has 1 fully saturated rings. The highest BCUT2D eigenvalue weighted by Crippen LogP contribution is 2.32. The smallest absolute Gasteiger partial charge is 0.222 e. The van der Waals surface area contributed by atoms with Crippen molar-refractivity contribution in [1.82, 2.24) is 9.97 Å². The number of fused-ring (bicyclic) bond motifs is 1.